The summed E-state index contributed by atoms with van der Waals surface area (Å²) in [5.41, 5.74) is 2.79. The van der Waals surface area contributed by atoms with Gasteiger partial charge in [0.25, 0.3) is 5.91 Å². The van der Waals surface area contributed by atoms with E-state index in [4.69, 9.17) is 4.74 Å². The average molecular weight is 454 g/mol. The molecule has 0 radical (unpaired) electrons. The van der Waals surface area contributed by atoms with Gasteiger partial charge in [-0.1, -0.05) is 36.4 Å². The quantitative estimate of drug-likeness (QED) is 0.258. The summed E-state index contributed by atoms with van der Waals surface area (Å²) in [7, 11) is 0. The van der Waals surface area contributed by atoms with Gasteiger partial charge in [0.05, 0.1) is 6.20 Å². The smallest absolute Gasteiger partial charge is 0.487 e. The molecule has 0 spiro atoms. The van der Waals surface area contributed by atoms with Crippen LogP contribution in [0.5, 0.6) is 5.75 Å². The number of aliphatic carboxylic acids is 1. The Morgan fingerprint density at radius 2 is 1.81 bits per heavy atom. The molecule has 1 aromatic heterocycles. The van der Waals surface area contributed by atoms with E-state index in [9.17, 15) is 14.7 Å². The zero-order chi connectivity index (χ0) is 20.6. The number of carbonyl (C=O) groups excluding carboxylic acids is 1. The molecule has 0 bridgehead atoms. The number of aromatic nitrogens is 1. The first-order chi connectivity index (χ1) is 14.1. The van der Waals surface area contributed by atoms with Crippen LogP contribution in [0.1, 0.15) is 15.9 Å². The van der Waals surface area contributed by atoms with Crippen molar-refractivity contribution in [1.29, 1.82) is 0 Å². The van der Waals surface area contributed by atoms with Gasteiger partial charge in [-0.25, -0.2) is 4.79 Å². The Hall–Kier alpha value is -1.32. The van der Waals surface area contributed by atoms with Crippen LogP contribution >= 0.6 is 12.6 Å². The molecule has 0 saturated carbocycles. The number of ether oxygens (including phenoxy) is 1. The predicted molar refractivity (Wildman–Crippen MR) is 113 cm³/mol. The van der Waals surface area contributed by atoms with E-state index >= 15 is 0 Å². The second-order valence-electron chi connectivity index (χ2n) is 6.27. The molecule has 3 aromatic rings. The van der Waals surface area contributed by atoms with E-state index in [2.05, 4.69) is 22.9 Å². The van der Waals surface area contributed by atoms with Crippen molar-refractivity contribution in [2.75, 3.05) is 5.75 Å². The van der Waals surface area contributed by atoms with Crippen LogP contribution in [0.3, 0.4) is 0 Å². The number of nitrogens with one attached hydrogen (secondary N) is 1. The van der Waals surface area contributed by atoms with Gasteiger partial charge in [0, 0.05) is 17.5 Å². The molecule has 0 aliphatic rings. The number of amides is 1. The van der Waals surface area contributed by atoms with Crippen molar-refractivity contribution in [3.8, 4) is 16.9 Å². The zero-order valence-corrected chi connectivity index (χ0v) is 22.4. The standard InChI is InChI=1S/C22H20N2O4S.2Na/c25-21(24-20(14-29)22(26)27)18-9-8-15(13-28-17-7-4-10-23-12-17)11-19(18)16-5-2-1-3-6-16;;/h1-12,20,29H,13-14H2,(H,24,25)(H,26,27);;/q;2*+1. The molecule has 1 unspecified atom stereocenters. The van der Waals surface area contributed by atoms with Crippen molar-refractivity contribution in [3.63, 3.8) is 0 Å². The zero-order valence-electron chi connectivity index (χ0n) is 17.5. The van der Waals surface area contributed by atoms with Crippen molar-refractivity contribution >= 4 is 24.5 Å². The molecule has 6 nitrogen and oxygen atoms in total. The predicted octanol–water partition coefficient (Wildman–Crippen LogP) is -2.55. The van der Waals surface area contributed by atoms with Crippen molar-refractivity contribution < 1.29 is 78.5 Å². The van der Waals surface area contributed by atoms with E-state index in [0.717, 1.165) is 11.1 Å². The van der Waals surface area contributed by atoms with Crippen LogP contribution in [-0.2, 0) is 11.4 Å². The van der Waals surface area contributed by atoms with E-state index in [1.54, 1.807) is 30.6 Å². The van der Waals surface area contributed by atoms with Crippen LogP contribution in [0.4, 0.5) is 0 Å². The van der Waals surface area contributed by atoms with E-state index in [1.165, 1.54) is 0 Å². The minimum Gasteiger partial charge on any atom is -0.487 e. The largest absolute Gasteiger partial charge is 1.00 e. The normalized spacial score (nSPS) is 10.7. The summed E-state index contributed by atoms with van der Waals surface area (Å²) in [5, 5.41) is 11.7. The van der Waals surface area contributed by atoms with Crippen LogP contribution in [0.2, 0.25) is 0 Å². The Morgan fingerprint density at radius 1 is 1.06 bits per heavy atom. The van der Waals surface area contributed by atoms with Crippen LogP contribution < -0.4 is 69.2 Å². The van der Waals surface area contributed by atoms with Gasteiger partial charge in [-0.3, -0.25) is 9.78 Å². The molecule has 148 valence electrons. The molecular formula is C22H20N2Na2O4S+2. The molecule has 31 heavy (non-hydrogen) atoms. The van der Waals surface area contributed by atoms with Gasteiger partial charge in [-0.2, -0.15) is 12.6 Å². The van der Waals surface area contributed by atoms with Crippen LogP contribution in [-0.4, -0.2) is 33.8 Å². The number of carboxylic acids is 1. The molecule has 0 aliphatic heterocycles. The first-order valence-corrected chi connectivity index (χ1v) is 9.57. The summed E-state index contributed by atoms with van der Waals surface area (Å²) >= 11 is 4.00. The van der Waals surface area contributed by atoms with E-state index in [-0.39, 0.29) is 64.9 Å². The number of carboxylic acid groups (broad SMARTS) is 1. The third-order valence-electron chi connectivity index (χ3n) is 4.24. The number of hydrogen-bond acceptors (Lipinski definition) is 5. The average Bonchev–Trinajstić information content (AvgIpc) is 2.76. The minimum atomic E-state index is -1.13. The number of nitrogens with zero attached hydrogens (tertiary/aromatic N) is 1. The summed E-state index contributed by atoms with van der Waals surface area (Å²) in [5.74, 6) is -0.950. The van der Waals surface area contributed by atoms with E-state index < -0.39 is 17.9 Å². The second-order valence-corrected chi connectivity index (χ2v) is 6.64. The SMILES string of the molecule is O=C(NC(CS)C(=O)O)c1ccc(COc2cccnc2)cc1-c1ccccc1.[Na+].[Na+]. The molecule has 1 amide bonds. The maximum Gasteiger partial charge on any atom is 1.00 e. The molecule has 3 rings (SSSR count). The fourth-order valence-electron chi connectivity index (χ4n) is 2.76. The fraction of sp³-hybridized carbons (Fsp3) is 0.136. The van der Waals surface area contributed by atoms with E-state index in [0.29, 0.717) is 23.5 Å². The van der Waals surface area contributed by atoms with Gasteiger partial charge in [0.15, 0.2) is 0 Å². The molecule has 2 aromatic carbocycles. The van der Waals surface area contributed by atoms with Crippen molar-refractivity contribution in [3.05, 3.63) is 84.2 Å². The molecule has 0 aliphatic carbocycles. The van der Waals surface area contributed by atoms with Crippen molar-refractivity contribution in [2.24, 2.45) is 0 Å². The van der Waals surface area contributed by atoms with Gasteiger partial charge in [0.1, 0.15) is 18.4 Å². The monoisotopic (exact) mass is 454 g/mol. The van der Waals surface area contributed by atoms with Crippen LogP contribution in [0.25, 0.3) is 11.1 Å². The topological polar surface area (TPSA) is 88.5 Å². The molecular weight excluding hydrogens is 434 g/mol. The van der Waals surface area contributed by atoms with Crippen molar-refractivity contribution in [2.45, 2.75) is 12.6 Å². The Kier molecular flexibility index (Phi) is 12.5. The number of carbonyl (C=O) groups is 2. The molecule has 0 fully saturated rings. The Morgan fingerprint density at radius 3 is 2.42 bits per heavy atom. The number of hydrogen-bond donors (Lipinski definition) is 3. The molecule has 1 atom stereocenters. The summed E-state index contributed by atoms with van der Waals surface area (Å²) in [4.78, 5) is 28.0. The number of thiol groups is 1. The number of pyridine rings is 1. The Labute approximate surface area is 230 Å². The number of benzene rings is 2. The van der Waals surface area contributed by atoms with Crippen LogP contribution in [0, 0.1) is 0 Å². The molecule has 9 heteroatoms. The minimum absolute atomic E-state index is 0. The third-order valence-corrected chi connectivity index (χ3v) is 4.60. The fourth-order valence-corrected chi connectivity index (χ4v) is 3.00. The molecule has 1 heterocycles. The van der Waals surface area contributed by atoms with Gasteiger partial charge in [0.2, 0.25) is 0 Å². The third kappa shape index (κ3) is 7.95. The van der Waals surface area contributed by atoms with Crippen LogP contribution in [0.15, 0.2) is 73.1 Å². The first kappa shape index (κ1) is 27.7. The first-order valence-electron chi connectivity index (χ1n) is 8.94. The molecule has 0 saturated heterocycles. The van der Waals surface area contributed by atoms with Gasteiger partial charge in [-0.05, 0) is 41.0 Å². The van der Waals surface area contributed by atoms with Gasteiger partial charge < -0.3 is 15.2 Å². The van der Waals surface area contributed by atoms with Gasteiger partial charge in [-0.15, -0.1) is 0 Å². The summed E-state index contributed by atoms with van der Waals surface area (Å²) < 4.78 is 5.75. The molecule has 2 N–H and O–H groups in total. The number of rotatable bonds is 8. The van der Waals surface area contributed by atoms with Crippen molar-refractivity contribution in [1.82, 2.24) is 10.3 Å². The second kappa shape index (κ2) is 14.0. The van der Waals surface area contributed by atoms with E-state index in [1.807, 2.05) is 42.5 Å². The maximum absolute atomic E-state index is 12.8. The van der Waals surface area contributed by atoms with Gasteiger partial charge >= 0.3 is 65.1 Å². The summed E-state index contributed by atoms with van der Waals surface area (Å²) in [6.07, 6.45) is 3.30. The summed E-state index contributed by atoms with van der Waals surface area (Å²) in [6.45, 7) is 0.307. The Bertz CT molecular complexity index is 991. The maximum atomic E-state index is 12.8. The Balaban J connectivity index is 0.00000240. The summed E-state index contributed by atoms with van der Waals surface area (Å²) in [6, 6.07) is 17.3.